The van der Waals surface area contributed by atoms with E-state index in [0.29, 0.717) is 17.5 Å². The first-order chi connectivity index (χ1) is 12.1. The molecule has 5 nitrogen and oxygen atoms in total. The van der Waals surface area contributed by atoms with Crippen molar-refractivity contribution in [1.29, 1.82) is 0 Å². The maximum absolute atomic E-state index is 11.0. The second-order valence-corrected chi connectivity index (χ2v) is 5.78. The van der Waals surface area contributed by atoms with Gasteiger partial charge in [0.15, 0.2) is 6.29 Å². The Morgan fingerprint density at radius 1 is 0.880 bits per heavy atom. The van der Waals surface area contributed by atoms with E-state index < -0.39 is 5.41 Å². The van der Waals surface area contributed by atoms with E-state index in [1.807, 2.05) is 37.3 Å². The second-order valence-electron chi connectivity index (χ2n) is 5.78. The fourth-order valence-corrected chi connectivity index (χ4v) is 2.12. The van der Waals surface area contributed by atoms with Crippen LogP contribution in [0.2, 0.25) is 0 Å². The maximum atomic E-state index is 11.0. The lowest BCUT2D eigenvalue weighted by Gasteiger charge is -2.24. The van der Waals surface area contributed by atoms with Gasteiger partial charge in [-0.3, -0.25) is 9.59 Å². The molecule has 134 valence electrons. The molecule has 0 aliphatic carbocycles. The summed E-state index contributed by atoms with van der Waals surface area (Å²) in [7, 11) is 0. The van der Waals surface area contributed by atoms with Gasteiger partial charge in [-0.15, -0.1) is 0 Å². The van der Waals surface area contributed by atoms with Gasteiger partial charge >= 0.3 is 0 Å². The summed E-state index contributed by atoms with van der Waals surface area (Å²) in [5.41, 5.74) is 2.21. The summed E-state index contributed by atoms with van der Waals surface area (Å²) in [4.78, 5) is 21.6. The van der Waals surface area contributed by atoms with Crippen molar-refractivity contribution in [2.24, 2.45) is 5.41 Å². The van der Waals surface area contributed by atoms with Crippen LogP contribution < -0.4 is 0 Å². The first-order valence-electron chi connectivity index (χ1n) is 8.02. The molecule has 0 radical (unpaired) electrons. The van der Waals surface area contributed by atoms with E-state index >= 15 is 0 Å². The number of aliphatic hydroxyl groups is 3. The van der Waals surface area contributed by atoms with Gasteiger partial charge in [0.05, 0.1) is 19.8 Å². The van der Waals surface area contributed by atoms with Crippen molar-refractivity contribution in [2.45, 2.75) is 13.3 Å². The zero-order valence-corrected chi connectivity index (χ0v) is 14.3. The normalized spacial score (nSPS) is 10.6. The molecule has 0 aliphatic heterocycles. The number of hydrogen-bond donors (Lipinski definition) is 3. The highest BCUT2D eigenvalue weighted by Gasteiger charge is 2.24. The van der Waals surface area contributed by atoms with Crippen LogP contribution in [0.5, 0.6) is 0 Å². The van der Waals surface area contributed by atoms with Gasteiger partial charge in [-0.05, 0) is 23.6 Å². The Kier molecular flexibility index (Phi) is 8.70. The maximum Gasteiger partial charge on any atom is 0.150 e. The minimum Gasteiger partial charge on any atom is -0.396 e. The first-order valence-corrected chi connectivity index (χ1v) is 8.02. The molecule has 0 aliphatic rings. The van der Waals surface area contributed by atoms with Gasteiger partial charge in [-0.2, -0.15) is 0 Å². The second kappa shape index (κ2) is 10.5. The topological polar surface area (TPSA) is 94.8 Å². The molecule has 3 N–H and O–H groups in total. The minimum absolute atomic E-state index is 0.156. The number of benzene rings is 2. The van der Waals surface area contributed by atoms with Gasteiger partial charge in [0.2, 0.25) is 0 Å². The number of carbonyl (C=O) groups excluding carboxylic acids is 2. The van der Waals surface area contributed by atoms with Gasteiger partial charge in [0.25, 0.3) is 0 Å². The molecule has 2 aromatic rings. The largest absolute Gasteiger partial charge is 0.396 e. The summed E-state index contributed by atoms with van der Waals surface area (Å²) in [5.74, 6) is 0. The van der Waals surface area contributed by atoms with Crippen LogP contribution in [0.4, 0.5) is 0 Å². The Morgan fingerprint density at radius 3 is 1.88 bits per heavy atom. The Bertz CT molecular complexity index is 646. The van der Waals surface area contributed by atoms with E-state index in [9.17, 15) is 9.59 Å². The van der Waals surface area contributed by atoms with Gasteiger partial charge in [0.1, 0.15) is 6.29 Å². The highest BCUT2D eigenvalue weighted by molar-refractivity contribution is 5.90. The number of hydrogen-bond acceptors (Lipinski definition) is 5. The fraction of sp³-hybridized carbons (Fsp3) is 0.300. The zero-order valence-electron chi connectivity index (χ0n) is 14.3. The third-order valence-corrected chi connectivity index (χ3v) is 4.18. The van der Waals surface area contributed by atoms with Crippen molar-refractivity contribution in [2.75, 3.05) is 19.8 Å². The number of aldehydes is 2. The summed E-state index contributed by atoms with van der Waals surface area (Å²) in [6.07, 6.45) is 2.10. The Balaban J connectivity index is 0.000000299. The highest BCUT2D eigenvalue weighted by Crippen LogP contribution is 2.23. The molecule has 0 bridgehead atoms. The Morgan fingerprint density at radius 2 is 1.48 bits per heavy atom. The van der Waals surface area contributed by atoms with Gasteiger partial charge < -0.3 is 15.3 Å². The lowest BCUT2D eigenvalue weighted by Crippen LogP contribution is -2.32. The quantitative estimate of drug-likeness (QED) is 0.670. The van der Waals surface area contributed by atoms with Crippen LogP contribution in [0.3, 0.4) is 0 Å². The van der Waals surface area contributed by atoms with Crippen LogP contribution in [0, 0.1) is 5.41 Å². The molecule has 5 heteroatoms. The number of aliphatic hydroxyl groups excluding tert-OH is 3. The van der Waals surface area contributed by atoms with Gasteiger partial charge in [-0.25, -0.2) is 0 Å². The van der Waals surface area contributed by atoms with E-state index in [2.05, 4.69) is 0 Å². The molecule has 2 aromatic carbocycles. The van der Waals surface area contributed by atoms with Crippen LogP contribution in [0.1, 0.15) is 34.1 Å². The summed E-state index contributed by atoms with van der Waals surface area (Å²) in [6.45, 7) is 1.35. The monoisotopic (exact) mass is 344 g/mol. The molecule has 0 saturated carbocycles. The lowest BCUT2D eigenvalue weighted by molar-refractivity contribution is 0.00304. The molecule has 0 aromatic heterocycles. The number of carbonyl (C=O) groups is 2. The smallest absolute Gasteiger partial charge is 0.150 e. The van der Waals surface area contributed by atoms with Gasteiger partial charge in [-0.1, -0.05) is 49.4 Å². The molecule has 0 saturated heterocycles. The molecular formula is C20H24O5. The van der Waals surface area contributed by atoms with E-state index in [-0.39, 0.29) is 19.8 Å². The van der Waals surface area contributed by atoms with Crippen molar-refractivity contribution >= 4 is 12.6 Å². The Labute approximate surface area is 147 Å². The fourth-order valence-electron chi connectivity index (χ4n) is 2.12. The van der Waals surface area contributed by atoms with Crippen molar-refractivity contribution in [1.82, 2.24) is 0 Å². The SMILES string of the molecule is CCC(CO)(CO)CO.O=Cc1ccc(-c2ccccc2)c(C=O)c1. The molecule has 0 atom stereocenters. The molecule has 25 heavy (non-hydrogen) atoms. The predicted octanol–water partition coefficient (Wildman–Crippen LogP) is 2.34. The van der Waals surface area contributed by atoms with E-state index in [1.165, 1.54) is 0 Å². The summed E-state index contributed by atoms with van der Waals surface area (Å²) in [6, 6.07) is 14.7. The van der Waals surface area contributed by atoms with Crippen LogP contribution in [-0.2, 0) is 0 Å². The molecule has 2 rings (SSSR count). The third kappa shape index (κ3) is 5.60. The summed E-state index contributed by atoms with van der Waals surface area (Å²) in [5, 5.41) is 26.0. The molecule has 0 heterocycles. The molecular weight excluding hydrogens is 320 g/mol. The van der Waals surface area contributed by atoms with E-state index in [4.69, 9.17) is 15.3 Å². The van der Waals surface area contributed by atoms with Crippen molar-refractivity contribution < 1.29 is 24.9 Å². The molecule has 0 unspecified atom stereocenters. The van der Waals surface area contributed by atoms with E-state index in [0.717, 1.165) is 23.7 Å². The predicted molar refractivity (Wildman–Crippen MR) is 96.6 cm³/mol. The first kappa shape index (κ1) is 20.7. The van der Waals surface area contributed by atoms with Gasteiger partial charge in [0, 0.05) is 16.5 Å². The van der Waals surface area contributed by atoms with Crippen molar-refractivity contribution in [3.8, 4) is 11.1 Å². The van der Waals surface area contributed by atoms with Crippen molar-refractivity contribution in [3.05, 3.63) is 59.7 Å². The van der Waals surface area contributed by atoms with Crippen LogP contribution >= 0.6 is 0 Å². The molecule has 0 spiro atoms. The minimum atomic E-state index is -0.667. The molecule has 0 amide bonds. The van der Waals surface area contributed by atoms with Crippen LogP contribution in [0.25, 0.3) is 11.1 Å². The Hall–Kier alpha value is -2.34. The van der Waals surface area contributed by atoms with Crippen LogP contribution in [-0.4, -0.2) is 47.7 Å². The highest BCUT2D eigenvalue weighted by atomic mass is 16.3. The number of rotatable bonds is 7. The van der Waals surface area contributed by atoms with E-state index in [1.54, 1.807) is 18.2 Å². The summed E-state index contributed by atoms with van der Waals surface area (Å²) >= 11 is 0. The lowest BCUT2D eigenvalue weighted by atomic mass is 9.88. The average molecular weight is 344 g/mol. The standard InChI is InChI=1S/C14H10O2.C6H14O3/c15-9-11-6-7-14(13(8-11)10-16)12-4-2-1-3-5-12;1-2-6(3-7,4-8)5-9/h1-10H;7-9H,2-5H2,1H3. The molecule has 0 fully saturated rings. The summed E-state index contributed by atoms with van der Waals surface area (Å²) < 4.78 is 0. The van der Waals surface area contributed by atoms with Crippen LogP contribution in [0.15, 0.2) is 48.5 Å². The average Bonchev–Trinajstić information content (AvgIpc) is 2.71. The third-order valence-electron chi connectivity index (χ3n) is 4.18. The zero-order chi connectivity index (χ0) is 18.7. The van der Waals surface area contributed by atoms with Crippen molar-refractivity contribution in [3.63, 3.8) is 0 Å².